The molecule has 112 valence electrons. The Morgan fingerprint density at radius 1 is 1.30 bits per heavy atom. The van der Waals surface area contributed by atoms with Crippen molar-refractivity contribution < 1.29 is 4.74 Å². The molecular weight excluding hydrogens is 246 g/mol. The first-order valence-electron chi connectivity index (χ1n) is 8.03. The lowest BCUT2D eigenvalue weighted by molar-refractivity contribution is 0.295. The van der Waals surface area contributed by atoms with E-state index in [2.05, 4.69) is 39.8 Å². The molecule has 0 heterocycles. The largest absolute Gasteiger partial charge is 0.493 e. The van der Waals surface area contributed by atoms with Crippen LogP contribution in [0, 0.1) is 12.8 Å². The number of benzene rings is 1. The lowest BCUT2D eigenvalue weighted by atomic mass is 9.92. The molecular formula is C18H29NO. The van der Waals surface area contributed by atoms with E-state index >= 15 is 0 Å². The van der Waals surface area contributed by atoms with Crippen molar-refractivity contribution in [1.29, 1.82) is 0 Å². The summed E-state index contributed by atoms with van der Waals surface area (Å²) in [5.74, 6) is 2.39. The first-order chi connectivity index (χ1) is 9.51. The normalized spacial score (nSPS) is 16.5. The SMILES string of the molecule is CCC(N)Cc1cc(C(C)C)c(C)cc1OCC1CC1. The van der Waals surface area contributed by atoms with Crippen molar-refractivity contribution in [2.24, 2.45) is 11.7 Å². The monoisotopic (exact) mass is 275 g/mol. The van der Waals surface area contributed by atoms with Crippen molar-refractivity contribution in [3.05, 3.63) is 28.8 Å². The summed E-state index contributed by atoms with van der Waals surface area (Å²) in [7, 11) is 0. The Kier molecular flexibility index (Phi) is 5.09. The number of aryl methyl sites for hydroxylation is 1. The molecule has 1 aromatic carbocycles. The second-order valence-electron chi connectivity index (χ2n) is 6.60. The summed E-state index contributed by atoms with van der Waals surface area (Å²) in [4.78, 5) is 0. The minimum Gasteiger partial charge on any atom is -0.493 e. The summed E-state index contributed by atoms with van der Waals surface area (Å²) in [6.45, 7) is 9.69. The topological polar surface area (TPSA) is 35.2 Å². The van der Waals surface area contributed by atoms with Crippen molar-refractivity contribution in [3.63, 3.8) is 0 Å². The molecule has 1 aromatic rings. The number of ether oxygens (including phenoxy) is 1. The fourth-order valence-corrected chi connectivity index (χ4v) is 2.58. The molecule has 0 bridgehead atoms. The van der Waals surface area contributed by atoms with Gasteiger partial charge >= 0.3 is 0 Å². The standard InChI is InChI=1S/C18H29NO/c1-5-16(19)9-15-10-17(12(2)3)13(4)8-18(15)20-11-14-6-7-14/h8,10,12,14,16H,5-7,9,11,19H2,1-4H3. The molecule has 20 heavy (non-hydrogen) atoms. The van der Waals surface area contributed by atoms with Crippen LogP contribution in [0.1, 0.15) is 62.6 Å². The van der Waals surface area contributed by atoms with Gasteiger partial charge in [-0.05, 0) is 67.2 Å². The molecule has 1 aliphatic rings. The van der Waals surface area contributed by atoms with Crippen molar-refractivity contribution in [2.75, 3.05) is 6.61 Å². The maximum absolute atomic E-state index is 6.15. The van der Waals surface area contributed by atoms with Crippen LogP contribution in [0.25, 0.3) is 0 Å². The van der Waals surface area contributed by atoms with Crippen LogP contribution in [0.5, 0.6) is 5.75 Å². The maximum atomic E-state index is 6.15. The van der Waals surface area contributed by atoms with E-state index in [0.717, 1.165) is 31.1 Å². The molecule has 1 atom stereocenters. The lowest BCUT2D eigenvalue weighted by Crippen LogP contribution is -2.22. The van der Waals surface area contributed by atoms with E-state index < -0.39 is 0 Å². The van der Waals surface area contributed by atoms with E-state index in [-0.39, 0.29) is 6.04 Å². The number of rotatable bonds is 7. The molecule has 2 rings (SSSR count). The van der Waals surface area contributed by atoms with E-state index in [9.17, 15) is 0 Å². The fraction of sp³-hybridized carbons (Fsp3) is 0.667. The zero-order valence-corrected chi connectivity index (χ0v) is 13.4. The van der Waals surface area contributed by atoms with Gasteiger partial charge in [0.15, 0.2) is 0 Å². The van der Waals surface area contributed by atoms with Crippen molar-refractivity contribution >= 4 is 0 Å². The van der Waals surface area contributed by atoms with E-state index in [0.29, 0.717) is 5.92 Å². The van der Waals surface area contributed by atoms with E-state index in [1.165, 1.54) is 29.5 Å². The molecule has 1 unspecified atom stereocenters. The Morgan fingerprint density at radius 3 is 2.55 bits per heavy atom. The third-order valence-corrected chi connectivity index (χ3v) is 4.25. The first-order valence-corrected chi connectivity index (χ1v) is 8.03. The van der Waals surface area contributed by atoms with E-state index in [1.54, 1.807) is 0 Å². The highest BCUT2D eigenvalue weighted by Gasteiger charge is 2.23. The maximum Gasteiger partial charge on any atom is 0.122 e. The summed E-state index contributed by atoms with van der Waals surface area (Å²) < 4.78 is 6.07. The Morgan fingerprint density at radius 2 is 2.00 bits per heavy atom. The van der Waals surface area contributed by atoms with E-state index in [4.69, 9.17) is 10.5 Å². The molecule has 0 aliphatic heterocycles. The second kappa shape index (κ2) is 6.62. The van der Waals surface area contributed by atoms with Gasteiger partial charge in [0.2, 0.25) is 0 Å². The summed E-state index contributed by atoms with van der Waals surface area (Å²) in [6.07, 6.45) is 4.57. The van der Waals surface area contributed by atoms with Gasteiger partial charge in [0, 0.05) is 6.04 Å². The fourth-order valence-electron chi connectivity index (χ4n) is 2.58. The van der Waals surface area contributed by atoms with Gasteiger partial charge in [-0.25, -0.2) is 0 Å². The third kappa shape index (κ3) is 3.99. The average Bonchev–Trinajstić information content (AvgIpc) is 3.22. The van der Waals surface area contributed by atoms with Gasteiger partial charge in [-0.3, -0.25) is 0 Å². The molecule has 1 saturated carbocycles. The third-order valence-electron chi connectivity index (χ3n) is 4.25. The Balaban J connectivity index is 2.23. The smallest absolute Gasteiger partial charge is 0.122 e. The zero-order chi connectivity index (χ0) is 14.7. The molecule has 0 amide bonds. The van der Waals surface area contributed by atoms with Gasteiger partial charge in [-0.15, -0.1) is 0 Å². The highest BCUT2D eigenvalue weighted by Crippen LogP contribution is 2.33. The zero-order valence-electron chi connectivity index (χ0n) is 13.4. The second-order valence-corrected chi connectivity index (χ2v) is 6.60. The Bertz CT molecular complexity index is 449. The average molecular weight is 275 g/mol. The Hall–Kier alpha value is -1.02. The summed E-state index contributed by atoms with van der Waals surface area (Å²) in [5, 5.41) is 0. The lowest BCUT2D eigenvalue weighted by Gasteiger charge is -2.19. The van der Waals surface area contributed by atoms with Crippen LogP contribution < -0.4 is 10.5 Å². The van der Waals surface area contributed by atoms with Crippen LogP contribution in [-0.4, -0.2) is 12.6 Å². The van der Waals surface area contributed by atoms with Gasteiger partial charge in [-0.2, -0.15) is 0 Å². The summed E-state index contributed by atoms with van der Waals surface area (Å²) in [6, 6.07) is 4.76. The predicted molar refractivity (Wildman–Crippen MR) is 85.5 cm³/mol. The molecule has 2 heteroatoms. The first kappa shape index (κ1) is 15.4. The van der Waals surface area contributed by atoms with Gasteiger partial charge in [0.1, 0.15) is 5.75 Å². The molecule has 0 saturated heterocycles. The quantitative estimate of drug-likeness (QED) is 0.810. The van der Waals surface area contributed by atoms with Gasteiger partial charge in [0.25, 0.3) is 0 Å². The molecule has 0 radical (unpaired) electrons. The number of nitrogens with two attached hydrogens (primary N) is 1. The molecule has 0 aromatic heterocycles. The van der Waals surface area contributed by atoms with Gasteiger partial charge < -0.3 is 10.5 Å². The van der Waals surface area contributed by atoms with Crippen LogP contribution in [0.4, 0.5) is 0 Å². The molecule has 1 fully saturated rings. The van der Waals surface area contributed by atoms with Crippen LogP contribution >= 0.6 is 0 Å². The minimum absolute atomic E-state index is 0.223. The Labute approximate surface area is 123 Å². The van der Waals surface area contributed by atoms with Gasteiger partial charge in [0.05, 0.1) is 6.61 Å². The van der Waals surface area contributed by atoms with E-state index in [1.807, 2.05) is 0 Å². The van der Waals surface area contributed by atoms with Crippen molar-refractivity contribution in [2.45, 2.75) is 65.3 Å². The molecule has 2 N–H and O–H groups in total. The minimum atomic E-state index is 0.223. The van der Waals surface area contributed by atoms with Crippen LogP contribution in [0.15, 0.2) is 12.1 Å². The van der Waals surface area contributed by atoms with Crippen molar-refractivity contribution in [3.8, 4) is 5.75 Å². The van der Waals surface area contributed by atoms with Gasteiger partial charge in [-0.1, -0.05) is 26.8 Å². The number of hydrogen-bond acceptors (Lipinski definition) is 2. The highest BCUT2D eigenvalue weighted by atomic mass is 16.5. The summed E-state index contributed by atoms with van der Waals surface area (Å²) >= 11 is 0. The van der Waals surface area contributed by atoms with Crippen LogP contribution in [0.2, 0.25) is 0 Å². The van der Waals surface area contributed by atoms with Crippen LogP contribution in [0.3, 0.4) is 0 Å². The molecule has 2 nitrogen and oxygen atoms in total. The van der Waals surface area contributed by atoms with Crippen molar-refractivity contribution in [1.82, 2.24) is 0 Å². The predicted octanol–water partition coefficient (Wildman–Crippen LogP) is 4.19. The molecule has 1 aliphatic carbocycles. The summed E-state index contributed by atoms with van der Waals surface area (Å²) in [5.41, 5.74) is 10.2. The number of hydrogen-bond donors (Lipinski definition) is 1. The molecule has 0 spiro atoms. The van der Waals surface area contributed by atoms with Crippen LogP contribution in [-0.2, 0) is 6.42 Å². The highest BCUT2D eigenvalue weighted by molar-refractivity contribution is 5.44.